The number of hydrogen-bond donors (Lipinski definition) is 0. The second kappa shape index (κ2) is 5.22. The molecular formula is C10H21NO2. The lowest BCUT2D eigenvalue weighted by molar-refractivity contribution is -0.154. The van der Waals surface area contributed by atoms with Crippen molar-refractivity contribution in [2.24, 2.45) is 0 Å². The van der Waals surface area contributed by atoms with Gasteiger partial charge in [0.25, 0.3) is 0 Å². The van der Waals surface area contributed by atoms with Crippen molar-refractivity contribution in [1.82, 2.24) is 4.90 Å². The molecule has 0 unspecified atom stereocenters. The van der Waals surface area contributed by atoms with Gasteiger partial charge in [0.2, 0.25) is 0 Å². The first-order chi connectivity index (χ1) is 6.06. The Kier molecular flexibility index (Phi) is 4.99. The summed E-state index contributed by atoms with van der Waals surface area (Å²) in [5.74, 6) is -0.140. The van der Waals surface area contributed by atoms with Gasteiger partial charge >= 0.3 is 5.97 Å². The van der Waals surface area contributed by atoms with Gasteiger partial charge in [-0.1, -0.05) is 20.8 Å². The largest absolute Gasteiger partial charge is 0.468 e. The molecule has 3 heteroatoms. The zero-order chi connectivity index (χ0) is 10.5. The lowest BCUT2D eigenvalue weighted by atomic mass is 9.96. The second-order valence-corrected chi connectivity index (χ2v) is 3.29. The van der Waals surface area contributed by atoms with Crippen molar-refractivity contribution in [3.63, 3.8) is 0 Å². The van der Waals surface area contributed by atoms with Gasteiger partial charge in [-0.05, 0) is 26.4 Å². The third-order valence-corrected chi connectivity index (χ3v) is 2.77. The van der Waals surface area contributed by atoms with E-state index in [9.17, 15) is 4.79 Å². The normalized spacial score (nSPS) is 15.5. The quantitative estimate of drug-likeness (QED) is 0.613. The number of nitrogens with zero attached hydrogens (tertiary/aromatic N) is 1. The molecule has 0 aliphatic rings. The van der Waals surface area contributed by atoms with Crippen LogP contribution in [0, 0.1) is 0 Å². The van der Waals surface area contributed by atoms with Gasteiger partial charge in [0.15, 0.2) is 0 Å². The van der Waals surface area contributed by atoms with Crippen LogP contribution in [-0.2, 0) is 9.53 Å². The fourth-order valence-corrected chi connectivity index (χ4v) is 1.64. The maximum Gasteiger partial charge on any atom is 0.325 e. The van der Waals surface area contributed by atoms with E-state index in [0.29, 0.717) is 0 Å². The van der Waals surface area contributed by atoms with E-state index in [1.807, 2.05) is 13.8 Å². The smallest absolute Gasteiger partial charge is 0.325 e. The Morgan fingerprint density at radius 1 is 1.31 bits per heavy atom. The molecule has 0 saturated heterocycles. The highest BCUT2D eigenvalue weighted by Crippen LogP contribution is 2.20. The lowest BCUT2D eigenvalue weighted by Crippen LogP contribution is -2.52. The van der Waals surface area contributed by atoms with Gasteiger partial charge in [-0.25, -0.2) is 0 Å². The van der Waals surface area contributed by atoms with Crippen molar-refractivity contribution in [3.05, 3.63) is 0 Å². The number of rotatable bonds is 5. The molecule has 0 aromatic heterocycles. The van der Waals surface area contributed by atoms with E-state index in [-0.39, 0.29) is 5.97 Å². The van der Waals surface area contributed by atoms with Gasteiger partial charge in [-0.2, -0.15) is 0 Å². The molecule has 0 rings (SSSR count). The maximum absolute atomic E-state index is 11.6. The fourth-order valence-electron chi connectivity index (χ4n) is 1.64. The summed E-state index contributed by atoms with van der Waals surface area (Å²) in [7, 11) is 1.44. The number of ether oxygens (including phenoxy) is 1. The molecule has 0 heterocycles. The van der Waals surface area contributed by atoms with Gasteiger partial charge in [0.1, 0.15) is 5.54 Å². The van der Waals surface area contributed by atoms with Gasteiger partial charge in [0, 0.05) is 0 Å². The highest BCUT2D eigenvalue weighted by Gasteiger charge is 2.37. The highest BCUT2D eigenvalue weighted by atomic mass is 16.5. The Morgan fingerprint density at radius 3 is 2.00 bits per heavy atom. The molecule has 1 atom stereocenters. The van der Waals surface area contributed by atoms with Gasteiger partial charge in [-0.3, -0.25) is 9.69 Å². The van der Waals surface area contributed by atoms with Crippen LogP contribution in [0.2, 0.25) is 0 Å². The summed E-state index contributed by atoms with van der Waals surface area (Å²) < 4.78 is 4.81. The summed E-state index contributed by atoms with van der Waals surface area (Å²) in [5, 5.41) is 0. The first kappa shape index (κ1) is 12.4. The van der Waals surface area contributed by atoms with Crippen molar-refractivity contribution in [2.45, 2.75) is 39.7 Å². The average molecular weight is 187 g/mol. The van der Waals surface area contributed by atoms with Crippen LogP contribution < -0.4 is 0 Å². The average Bonchev–Trinajstić information content (AvgIpc) is 2.17. The van der Waals surface area contributed by atoms with E-state index >= 15 is 0 Å². The monoisotopic (exact) mass is 187 g/mol. The molecular weight excluding hydrogens is 166 g/mol. The predicted molar refractivity (Wildman–Crippen MR) is 53.6 cm³/mol. The van der Waals surface area contributed by atoms with E-state index in [4.69, 9.17) is 4.74 Å². The number of esters is 1. The Hall–Kier alpha value is -0.570. The lowest BCUT2D eigenvalue weighted by Gasteiger charge is -2.36. The van der Waals surface area contributed by atoms with Gasteiger partial charge in [0.05, 0.1) is 7.11 Å². The van der Waals surface area contributed by atoms with Crippen LogP contribution in [0.5, 0.6) is 0 Å². The molecule has 0 aromatic carbocycles. The minimum atomic E-state index is -0.460. The number of hydrogen-bond acceptors (Lipinski definition) is 3. The van der Waals surface area contributed by atoms with Crippen LogP contribution in [0.1, 0.15) is 34.1 Å². The van der Waals surface area contributed by atoms with Crippen molar-refractivity contribution >= 4 is 5.97 Å². The molecule has 0 aromatic rings. The summed E-state index contributed by atoms with van der Waals surface area (Å²) in [6.45, 7) is 9.80. The van der Waals surface area contributed by atoms with Crippen LogP contribution in [0.3, 0.4) is 0 Å². The van der Waals surface area contributed by atoms with E-state index in [2.05, 4.69) is 18.7 Å². The zero-order valence-corrected chi connectivity index (χ0v) is 9.39. The van der Waals surface area contributed by atoms with Crippen LogP contribution in [0.25, 0.3) is 0 Å². The number of carbonyl (C=O) groups excluding carboxylic acids is 1. The summed E-state index contributed by atoms with van der Waals surface area (Å²) in [6, 6.07) is 0. The Morgan fingerprint density at radius 2 is 1.77 bits per heavy atom. The molecule has 0 N–H and O–H groups in total. The summed E-state index contributed by atoms with van der Waals surface area (Å²) in [6.07, 6.45) is 0.779. The third kappa shape index (κ3) is 2.44. The molecule has 0 spiro atoms. The molecule has 78 valence electrons. The molecule has 0 fully saturated rings. The van der Waals surface area contributed by atoms with E-state index in [1.54, 1.807) is 0 Å². The molecule has 13 heavy (non-hydrogen) atoms. The summed E-state index contributed by atoms with van der Waals surface area (Å²) in [4.78, 5) is 13.7. The topological polar surface area (TPSA) is 29.5 Å². The van der Waals surface area contributed by atoms with Crippen molar-refractivity contribution in [2.75, 3.05) is 20.2 Å². The van der Waals surface area contributed by atoms with Crippen LogP contribution in [-0.4, -0.2) is 36.6 Å². The standard InChI is InChI=1S/C10H21NO2/c1-6-10(4,9(12)13-5)11(7-2)8-3/h6-8H2,1-5H3/t10-/m1/s1. The molecule has 0 bridgehead atoms. The highest BCUT2D eigenvalue weighted by molar-refractivity contribution is 5.80. The first-order valence-corrected chi connectivity index (χ1v) is 4.90. The van der Waals surface area contributed by atoms with Gasteiger partial charge < -0.3 is 4.74 Å². The van der Waals surface area contributed by atoms with Crippen molar-refractivity contribution < 1.29 is 9.53 Å². The van der Waals surface area contributed by atoms with Crippen molar-refractivity contribution in [1.29, 1.82) is 0 Å². The van der Waals surface area contributed by atoms with Crippen LogP contribution >= 0.6 is 0 Å². The molecule has 3 nitrogen and oxygen atoms in total. The van der Waals surface area contributed by atoms with Gasteiger partial charge in [-0.15, -0.1) is 0 Å². The SMILES string of the molecule is CCN(CC)[C@](C)(CC)C(=O)OC. The Bertz CT molecular complexity index is 166. The molecule has 0 aliphatic carbocycles. The van der Waals surface area contributed by atoms with E-state index in [0.717, 1.165) is 19.5 Å². The minimum absolute atomic E-state index is 0.140. The molecule has 0 aliphatic heterocycles. The molecule has 0 radical (unpaired) electrons. The van der Waals surface area contributed by atoms with E-state index < -0.39 is 5.54 Å². The predicted octanol–water partition coefficient (Wildman–Crippen LogP) is 1.67. The number of likely N-dealkylation sites (N-methyl/N-ethyl adjacent to an activating group) is 1. The second-order valence-electron chi connectivity index (χ2n) is 3.29. The van der Waals surface area contributed by atoms with Crippen LogP contribution in [0.4, 0.5) is 0 Å². The third-order valence-electron chi connectivity index (χ3n) is 2.77. The van der Waals surface area contributed by atoms with Crippen LogP contribution in [0.15, 0.2) is 0 Å². The fraction of sp³-hybridized carbons (Fsp3) is 0.900. The Balaban J connectivity index is 4.68. The number of carbonyl (C=O) groups is 1. The van der Waals surface area contributed by atoms with E-state index in [1.165, 1.54) is 7.11 Å². The first-order valence-electron chi connectivity index (χ1n) is 4.90. The summed E-state index contributed by atoms with van der Waals surface area (Å²) in [5.41, 5.74) is -0.460. The zero-order valence-electron chi connectivity index (χ0n) is 9.39. The Labute approximate surface area is 81.1 Å². The minimum Gasteiger partial charge on any atom is -0.468 e. The summed E-state index contributed by atoms with van der Waals surface area (Å²) >= 11 is 0. The molecule has 0 saturated carbocycles. The maximum atomic E-state index is 11.6. The van der Waals surface area contributed by atoms with Crippen molar-refractivity contribution in [3.8, 4) is 0 Å². The number of methoxy groups -OCH3 is 1. The molecule has 0 amide bonds.